The Hall–Kier alpha value is -0.343. The molecule has 1 aliphatic carbocycles. The molecule has 74 valence electrons. The molecule has 0 aliphatic heterocycles. The van der Waals surface area contributed by atoms with Gasteiger partial charge in [0.25, 0.3) is 0 Å². The van der Waals surface area contributed by atoms with E-state index in [0.717, 1.165) is 0 Å². The van der Waals surface area contributed by atoms with Gasteiger partial charge in [0.2, 0.25) is 0 Å². The zero-order chi connectivity index (χ0) is 10.2. The van der Waals surface area contributed by atoms with Crippen molar-refractivity contribution in [2.45, 2.75) is 46.4 Å². The molecular formula is C11H20OSi. The molecular weight excluding hydrogens is 176 g/mol. The van der Waals surface area contributed by atoms with Crippen LogP contribution in [0.25, 0.3) is 0 Å². The number of rotatable bonds is 2. The second-order valence-corrected chi connectivity index (χ2v) is 6.68. The van der Waals surface area contributed by atoms with Gasteiger partial charge < -0.3 is 4.43 Å². The highest BCUT2D eigenvalue weighted by Crippen LogP contribution is 2.36. The summed E-state index contributed by atoms with van der Waals surface area (Å²) in [5, 5.41) is 0. The molecule has 0 aromatic carbocycles. The Kier molecular flexibility index (Phi) is 2.83. The van der Waals surface area contributed by atoms with Crippen LogP contribution in [0.3, 0.4) is 0 Å². The van der Waals surface area contributed by atoms with Gasteiger partial charge in [-0.15, -0.1) is 0 Å². The summed E-state index contributed by atoms with van der Waals surface area (Å²) in [6.45, 7) is 13.1. The largest absolute Gasteiger partial charge is 0.408 e. The predicted molar refractivity (Wildman–Crippen MR) is 60.5 cm³/mol. The SMILES string of the molecule is CC1=CC(C)(O[SiH](C)C)C(C)=C1C. The van der Waals surface area contributed by atoms with Crippen LogP contribution in [0.5, 0.6) is 0 Å². The van der Waals surface area contributed by atoms with Crippen LogP contribution in [0.15, 0.2) is 22.8 Å². The predicted octanol–water partition coefficient (Wildman–Crippen LogP) is 3.04. The molecule has 0 heterocycles. The summed E-state index contributed by atoms with van der Waals surface area (Å²) in [6.07, 6.45) is 2.25. The lowest BCUT2D eigenvalue weighted by molar-refractivity contribution is 0.184. The van der Waals surface area contributed by atoms with Gasteiger partial charge >= 0.3 is 0 Å². The van der Waals surface area contributed by atoms with Gasteiger partial charge in [-0.05, 0) is 63.6 Å². The van der Waals surface area contributed by atoms with Crippen molar-refractivity contribution in [3.8, 4) is 0 Å². The number of hydrogen-bond acceptors (Lipinski definition) is 1. The molecule has 0 spiro atoms. The third kappa shape index (κ3) is 1.94. The summed E-state index contributed by atoms with van der Waals surface area (Å²) in [5.74, 6) is 0. The average molecular weight is 196 g/mol. The second-order valence-electron chi connectivity index (χ2n) is 4.35. The Labute approximate surface area is 83.2 Å². The maximum Gasteiger partial charge on any atom is 0.172 e. The summed E-state index contributed by atoms with van der Waals surface area (Å²) in [7, 11) is -0.963. The van der Waals surface area contributed by atoms with Crippen LogP contribution in [0.4, 0.5) is 0 Å². The van der Waals surface area contributed by atoms with Crippen molar-refractivity contribution in [1.82, 2.24) is 0 Å². The summed E-state index contributed by atoms with van der Waals surface area (Å²) < 4.78 is 6.06. The van der Waals surface area contributed by atoms with Crippen LogP contribution in [0, 0.1) is 0 Å². The zero-order valence-corrected chi connectivity index (χ0v) is 10.7. The third-order valence-electron chi connectivity index (χ3n) is 2.87. The van der Waals surface area contributed by atoms with E-state index in [9.17, 15) is 0 Å². The molecule has 0 radical (unpaired) electrons. The molecule has 0 saturated carbocycles. The van der Waals surface area contributed by atoms with E-state index in [2.05, 4.69) is 46.9 Å². The first-order valence-corrected chi connectivity index (χ1v) is 7.70. The van der Waals surface area contributed by atoms with Crippen molar-refractivity contribution in [3.05, 3.63) is 22.8 Å². The van der Waals surface area contributed by atoms with Crippen molar-refractivity contribution in [2.24, 2.45) is 0 Å². The summed E-state index contributed by atoms with van der Waals surface area (Å²) in [6, 6.07) is 0. The highest BCUT2D eigenvalue weighted by atomic mass is 28.3. The number of hydrogen-bond donors (Lipinski definition) is 0. The van der Waals surface area contributed by atoms with Gasteiger partial charge in [-0.2, -0.15) is 0 Å². The second kappa shape index (κ2) is 3.43. The number of allylic oxidation sites excluding steroid dienone is 2. The molecule has 2 heteroatoms. The van der Waals surface area contributed by atoms with Crippen molar-refractivity contribution in [2.75, 3.05) is 0 Å². The standard InChI is InChI=1S/C11H20OSi/c1-8-7-11(4,12-13(5)6)10(3)9(8)2/h7,13H,1-6H3. The van der Waals surface area contributed by atoms with Gasteiger partial charge in [-0.1, -0.05) is 0 Å². The van der Waals surface area contributed by atoms with Gasteiger partial charge in [-0.3, -0.25) is 0 Å². The molecule has 0 bridgehead atoms. The van der Waals surface area contributed by atoms with Gasteiger partial charge in [0.15, 0.2) is 9.04 Å². The molecule has 1 rings (SSSR count). The molecule has 13 heavy (non-hydrogen) atoms. The van der Waals surface area contributed by atoms with Gasteiger partial charge in [0, 0.05) is 0 Å². The Morgan fingerprint density at radius 2 is 1.77 bits per heavy atom. The highest BCUT2D eigenvalue weighted by molar-refractivity contribution is 6.48. The Balaban J connectivity index is 2.95. The highest BCUT2D eigenvalue weighted by Gasteiger charge is 2.31. The van der Waals surface area contributed by atoms with Crippen molar-refractivity contribution in [1.29, 1.82) is 0 Å². The molecule has 0 fully saturated rings. The lowest BCUT2D eigenvalue weighted by Crippen LogP contribution is -2.31. The molecule has 0 saturated heterocycles. The molecule has 1 unspecified atom stereocenters. The average Bonchev–Trinajstić information content (AvgIpc) is 2.14. The molecule has 1 atom stereocenters. The quantitative estimate of drug-likeness (QED) is 0.617. The van der Waals surface area contributed by atoms with Crippen LogP contribution < -0.4 is 0 Å². The van der Waals surface area contributed by atoms with Crippen LogP contribution in [0.2, 0.25) is 13.1 Å². The van der Waals surface area contributed by atoms with E-state index in [4.69, 9.17) is 4.43 Å². The minimum atomic E-state index is -0.963. The monoisotopic (exact) mass is 196 g/mol. The molecule has 1 aliphatic rings. The van der Waals surface area contributed by atoms with Gasteiger partial charge in [0.1, 0.15) is 0 Å². The lowest BCUT2D eigenvalue weighted by atomic mass is 10.0. The van der Waals surface area contributed by atoms with E-state index in [-0.39, 0.29) is 5.60 Å². The minimum absolute atomic E-state index is 0.103. The van der Waals surface area contributed by atoms with E-state index < -0.39 is 9.04 Å². The summed E-state index contributed by atoms with van der Waals surface area (Å²) in [4.78, 5) is 0. The first kappa shape index (κ1) is 10.7. The maximum atomic E-state index is 6.06. The molecule has 0 aromatic heterocycles. The van der Waals surface area contributed by atoms with Crippen molar-refractivity contribution in [3.63, 3.8) is 0 Å². The third-order valence-corrected chi connectivity index (χ3v) is 3.83. The Morgan fingerprint density at radius 3 is 2.08 bits per heavy atom. The van der Waals surface area contributed by atoms with Crippen LogP contribution in [-0.2, 0) is 4.43 Å². The van der Waals surface area contributed by atoms with Crippen molar-refractivity contribution >= 4 is 9.04 Å². The first-order chi connectivity index (χ1) is 5.87. The van der Waals surface area contributed by atoms with Crippen LogP contribution in [-0.4, -0.2) is 14.6 Å². The van der Waals surface area contributed by atoms with E-state index in [0.29, 0.717) is 0 Å². The van der Waals surface area contributed by atoms with Crippen LogP contribution in [0.1, 0.15) is 27.7 Å². The van der Waals surface area contributed by atoms with Gasteiger partial charge in [0.05, 0.1) is 5.60 Å². The summed E-state index contributed by atoms with van der Waals surface area (Å²) >= 11 is 0. The van der Waals surface area contributed by atoms with Crippen LogP contribution >= 0.6 is 0 Å². The lowest BCUT2D eigenvalue weighted by Gasteiger charge is -2.28. The van der Waals surface area contributed by atoms with Gasteiger partial charge in [-0.25, -0.2) is 0 Å². The molecule has 1 nitrogen and oxygen atoms in total. The van der Waals surface area contributed by atoms with E-state index in [1.807, 2.05) is 0 Å². The topological polar surface area (TPSA) is 9.23 Å². The Bertz CT molecular complexity index is 276. The van der Waals surface area contributed by atoms with E-state index in [1.165, 1.54) is 16.7 Å². The first-order valence-electron chi connectivity index (χ1n) is 4.92. The smallest absolute Gasteiger partial charge is 0.172 e. The molecule has 0 N–H and O–H groups in total. The Morgan fingerprint density at radius 1 is 1.23 bits per heavy atom. The zero-order valence-electron chi connectivity index (χ0n) is 9.56. The molecule has 0 amide bonds. The summed E-state index contributed by atoms with van der Waals surface area (Å²) in [5.41, 5.74) is 4.05. The fraction of sp³-hybridized carbons (Fsp3) is 0.636. The van der Waals surface area contributed by atoms with E-state index >= 15 is 0 Å². The fourth-order valence-corrected chi connectivity index (χ4v) is 3.13. The normalized spacial score (nSPS) is 28.7. The minimum Gasteiger partial charge on any atom is -0.408 e. The van der Waals surface area contributed by atoms with Crippen molar-refractivity contribution < 1.29 is 4.43 Å². The maximum absolute atomic E-state index is 6.06. The van der Waals surface area contributed by atoms with E-state index in [1.54, 1.807) is 0 Å². The molecule has 0 aromatic rings. The fourth-order valence-electron chi connectivity index (χ4n) is 1.91.